The molecule has 0 N–H and O–H groups in total. The van der Waals surface area contributed by atoms with Crippen molar-refractivity contribution >= 4 is 6.16 Å². The molecule has 0 rings (SSSR count). The van der Waals surface area contributed by atoms with E-state index >= 15 is 0 Å². The topological polar surface area (TPSA) is 35.5 Å². The number of hydrogen-bond donors (Lipinski definition) is 0. The molecule has 0 aliphatic rings. The largest absolute Gasteiger partial charge is 0.509 e. The van der Waals surface area contributed by atoms with Crippen molar-refractivity contribution in [2.75, 3.05) is 0 Å². The highest BCUT2D eigenvalue weighted by Gasteiger charge is 2.18. The number of hydrogen-bond acceptors (Lipinski definition) is 3. The quantitative estimate of drug-likeness (QED) is 0.474. The lowest BCUT2D eigenvalue weighted by Crippen LogP contribution is -2.26. The van der Waals surface area contributed by atoms with E-state index in [1.165, 1.54) is 6.08 Å². The monoisotopic (exact) mass is 172 g/mol. The third-order valence-electron chi connectivity index (χ3n) is 1.00. The van der Waals surface area contributed by atoms with E-state index in [1.807, 2.05) is 0 Å². The van der Waals surface area contributed by atoms with Crippen molar-refractivity contribution in [1.82, 2.24) is 0 Å². The Morgan fingerprint density at radius 2 is 2.00 bits per heavy atom. The smallest absolute Gasteiger partial charge is 0.429 e. The van der Waals surface area contributed by atoms with Gasteiger partial charge in [-0.1, -0.05) is 12.7 Å². The van der Waals surface area contributed by atoms with Gasteiger partial charge in [-0.2, -0.15) is 0 Å². The van der Waals surface area contributed by atoms with Crippen molar-refractivity contribution in [3.05, 3.63) is 12.7 Å². The Hall–Kier alpha value is -0.990. The highest BCUT2D eigenvalue weighted by atomic mass is 16.7. The molecule has 0 radical (unpaired) electrons. The Bertz CT molecular complexity index is 167. The Kier molecular flexibility index (Phi) is 3.80. The van der Waals surface area contributed by atoms with Crippen molar-refractivity contribution in [2.24, 2.45) is 0 Å². The first-order valence-electron chi connectivity index (χ1n) is 3.87. The van der Waals surface area contributed by atoms with Crippen LogP contribution in [0.5, 0.6) is 0 Å². The SMILES string of the molecule is C=C[C@H](C)OC(=O)OC(C)(C)C. The molecule has 0 aliphatic carbocycles. The average Bonchev–Trinajstić information content (AvgIpc) is 1.82. The molecule has 0 unspecified atom stereocenters. The van der Waals surface area contributed by atoms with Gasteiger partial charge in [-0.05, 0) is 27.7 Å². The summed E-state index contributed by atoms with van der Waals surface area (Å²) < 4.78 is 9.70. The lowest BCUT2D eigenvalue weighted by Gasteiger charge is -2.19. The van der Waals surface area contributed by atoms with Crippen molar-refractivity contribution in [3.63, 3.8) is 0 Å². The number of ether oxygens (including phenoxy) is 2. The maximum atomic E-state index is 10.9. The van der Waals surface area contributed by atoms with Gasteiger partial charge in [0.25, 0.3) is 0 Å². The Labute approximate surface area is 73.4 Å². The second-order valence-electron chi connectivity index (χ2n) is 3.52. The van der Waals surface area contributed by atoms with Crippen LogP contribution in [-0.2, 0) is 9.47 Å². The fraction of sp³-hybridized carbons (Fsp3) is 0.667. The molecule has 0 heterocycles. The van der Waals surface area contributed by atoms with Crippen LogP contribution in [0.3, 0.4) is 0 Å². The highest BCUT2D eigenvalue weighted by Crippen LogP contribution is 2.09. The lowest BCUT2D eigenvalue weighted by atomic mass is 10.2. The Morgan fingerprint density at radius 1 is 1.50 bits per heavy atom. The summed E-state index contributed by atoms with van der Waals surface area (Å²) in [7, 11) is 0. The molecule has 0 aromatic heterocycles. The van der Waals surface area contributed by atoms with Crippen LogP contribution in [0.15, 0.2) is 12.7 Å². The van der Waals surface area contributed by atoms with Gasteiger partial charge in [0.1, 0.15) is 11.7 Å². The summed E-state index contributed by atoms with van der Waals surface area (Å²) in [5.41, 5.74) is -0.502. The molecule has 70 valence electrons. The Balaban J connectivity index is 3.82. The molecule has 1 atom stereocenters. The minimum absolute atomic E-state index is 0.306. The van der Waals surface area contributed by atoms with Crippen LogP contribution >= 0.6 is 0 Å². The summed E-state index contributed by atoms with van der Waals surface area (Å²) in [6.07, 6.45) is 0.568. The minimum Gasteiger partial charge on any atom is -0.429 e. The maximum Gasteiger partial charge on any atom is 0.509 e. The van der Waals surface area contributed by atoms with Crippen LogP contribution in [0.2, 0.25) is 0 Å². The molecule has 3 heteroatoms. The van der Waals surface area contributed by atoms with E-state index in [1.54, 1.807) is 27.7 Å². The molecule has 0 amide bonds. The first-order valence-corrected chi connectivity index (χ1v) is 3.87. The van der Waals surface area contributed by atoms with Crippen LogP contribution in [0, 0.1) is 0 Å². The van der Waals surface area contributed by atoms with Gasteiger partial charge in [0, 0.05) is 0 Å². The molecule has 0 spiro atoms. The van der Waals surface area contributed by atoms with Crippen LogP contribution in [0.1, 0.15) is 27.7 Å². The van der Waals surface area contributed by atoms with Gasteiger partial charge >= 0.3 is 6.16 Å². The Morgan fingerprint density at radius 3 is 2.33 bits per heavy atom. The zero-order valence-corrected chi connectivity index (χ0v) is 8.09. The van der Waals surface area contributed by atoms with Crippen molar-refractivity contribution in [1.29, 1.82) is 0 Å². The maximum absolute atomic E-state index is 10.9. The number of carbonyl (C=O) groups is 1. The molecule has 0 bridgehead atoms. The molecule has 0 aromatic carbocycles. The summed E-state index contributed by atoms with van der Waals surface area (Å²) in [5, 5.41) is 0. The van der Waals surface area contributed by atoms with E-state index in [-0.39, 0.29) is 6.10 Å². The van der Waals surface area contributed by atoms with E-state index < -0.39 is 11.8 Å². The van der Waals surface area contributed by atoms with Gasteiger partial charge in [0.15, 0.2) is 0 Å². The van der Waals surface area contributed by atoms with Gasteiger partial charge < -0.3 is 9.47 Å². The standard InChI is InChI=1S/C9H16O3/c1-6-7(2)11-8(10)12-9(3,4)5/h6-7H,1H2,2-5H3/t7-/m0/s1. The average molecular weight is 172 g/mol. The zero-order chi connectivity index (χ0) is 9.78. The summed E-state index contributed by atoms with van der Waals surface area (Å²) in [6, 6.07) is 0. The molecular formula is C9H16O3. The van der Waals surface area contributed by atoms with Crippen LogP contribution in [0.4, 0.5) is 4.79 Å². The summed E-state index contributed by atoms with van der Waals surface area (Å²) in [4.78, 5) is 10.9. The predicted octanol–water partition coefficient (Wildman–Crippen LogP) is 2.51. The van der Waals surface area contributed by atoms with Gasteiger partial charge in [-0.3, -0.25) is 0 Å². The van der Waals surface area contributed by atoms with Gasteiger partial charge in [-0.25, -0.2) is 4.79 Å². The molecule has 3 nitrogen and oxygen atoms in total. The third kappa shape index (κ3) is 5.77. The summed E-state index contributed by atoms with van der Waals surface area (Å²) in [5.74, 6) is 0. The molecule has 0 saturated carbocycles. The molecule has 0 saturated heterocycles. The third-order valence-corrected chi connectivity index (χ3v) is 1.00. The van der Waals surface area contributed by atoms with Crippen LogP contribution in [0.25, 0.3) is 0 Å². The van der Waals surface area contributed by atoms with Crippen molar-refractivity contribution < 1.29 is 14.3 Å². The fourth-order valence-corrected chi connectivity index (χ4v) is 0.474. The van der Waals surface area contributed by atoms with Crippen molar-refractivity contribution in [2.45, 2.75) is 39.4 Å². The first-order chi connectivity index (χ1) is 5.35. The summed E-state index contributed by atoms with van der Waals surface area (Å²) >= 11 is 0. The molecule has 12 heavy (non-hydrogen) atoms. The molecule has 0 fully saturated rings. The minimum atomic E-state index is -0.658. The van der Waals surface area contributed by atoms with Crippen LogP contribution in [-0.4, -0.2) is 17.9 Å². The van der Waals surface area contributed by atoms with E-state index in [4.69, 9.17) is 9.47 Å². The highest BCUT2D eigenvalue weighted by molar-refractivity contribution is 5.60. The van der Waals surface area contributed by atoms with Gasteiger partial charge in [0.2, 0.25) is 0 Å². The molecule has 0 aromatic rings. The number of rotatable bonds is 2. The first kappa shape index (κ1) is 11.0. The van der Waals surface area contributed by atoms with E-state index in [9.17, 15) is 4.79 Å². The molecular weight excluding hydrogens is 156 g/mol. The molecule has 0 aliphatic heterocycles. The zero-order valence-electron chi connectivity index (χ0n) is 8.09. The second-order valence-corrected chi connectivity index (χ2v) is 3.52. The van der Waals surface area contributed by atoms with Gasteiger partial charge in [0.05, 0.1) is 0 Å². The van der Waals surface area contributed by atoms with E-state index in [2.05, 4.69) is 6.58 Å². The fourth-order valence-electron chi connectivity index (χ4n) is 0.474. The van der Waals surface area contributed by atoms with Crippen LogP contribution < -0.4 is 0 Å². The van der Waals surface area contributed by atoms with E-state index in [0.29, 0.717) is 0 Å². The van der Waals surface area contributed by atoms with Gasteiger partial charge in [-0.15, -0.1) is 0 Å². The second kappa shape index (κ2) is 4.14. The summed E-state index contributed by atoms with van der Waals surface area (Å²) in [6.45, 7) is 10.6. The normalized spacial score (nSPS) is 13.3. The number of carbonyl (C=O) groups excluding carboxylic acids is 1. The lowest BCUT2D eigenvalue weighted by molar-refractivity contribution is -0.0154. The van der Waals surface area contributed by atoms with Crippen molar-refractivity contribution in [3.8, 4) is 0 Å². The van der Waals surface area contributed by atoms with E-state index in [0.717, 1.165) is 0 Å². The predicted molar refractivity (Wildman–Crippen MR) is 47.0 cm³/mol.